The number of benzene rings is 1. The fraction of sp³-hybridized carbons (Fsp3) is 0.588. The highest BCUT2D eigenvalue weighted by molar-refractivity contribution is 5.82. The second kappa shape index (κ2) is 6.87. The molecule has 2 rings (SSSR count). The molecule has 1 fully saturated rings. The Hall–Kier alpha value is -1.38. The first kappa shape index (κ1) is 15.0. The van der Waals surface area contributed by atoms with Crippen molar-refractivity contribution >= 4 is 11.5 Å². The van der Waals surface area contributed by atoms with E-state index < -0.39 is 0 Å². The Bertz CT molecular complexity index is 460. The van der Waals surface area contributed by atoms with Crippen molar-refractivity contribution < 1.29 is 9.18 Å². The molecule has 2 atom stereocenters. The van der Waals surface area contributed by atoms with Crippen molar-refractivity contribution in [2.45, 2.75) is 39.0 Å². The highest BCUT2D eigenvalue weighted by atomic mass is 19.1. The number of Topliss-reactive ketones (excluding diaryl/α,β-unsaturated/α-hetero) is 1. The van der Waals surface area contributed by atoms with E-state index in [1.54, 1.807) is 6.07 Å². The van der Waals surface area contributed by atoms with Crippen molar-refractivity contribution in [1.29, 1.82) is 0 Å². The van der Waals surface area contributed by atoms with Crippen molar-refractivity contribution in [1.82, 2.24) is 0 Å². The Kier molecular flexibility index (Phi) is 5.16. The highest BCUT2D eigenvalue weighted by Crippen LogP contribution is 2.30. The van der Waals surface area contributed by atoms with Gasteiger partial charge in [-0.2, -0.15) is 0 Å². The molecule has 1 saturated carbocycles. The molecule has 20 heavy (non-hydrogen) atoms. The molecule has 0 spiro atoms. The van der Waals surface area contributed by atoms with Crippen LogP contribution in [-0.2, 0) is 4.79 Å². The van der Waals surface area contributed by atoms with Crippen LogP contribution in [0.15, 0.2) is 24.3 Å². The first-order chi connectivity index (χ1) is 9.60. The summed E-state index contributed by atoms with van der Waals surface area (Å²) in [6, 6.07) is 6.57. The second-order valence-corrected chi connectivity index (χ2v) is 5.95. The smallest absolute Gasteiger partial charge is 0.137 e. The quantitative estimate of drug-likeness (QED) is 0.809. The Morgan fingerprint density at radius 3 is 2.90 bits per heavy atom. The van der Waals surface area contributed by atoms with Gasteiger partial charge in [-0.15, -0.1) is 0 Å². The van der Waals surface area contributed by atoms with E-state index in [9.17, 15) is 9.18 Å². The minimum Gasteiger partial charge on any atom is -0.374 e. The lowest BCUT2D eigenvalue weighted by molar-refractivity contribution is -0.125. The number of hydrogen-bond acceptors (Lipinski definition) is 2. The third-order valence-corrected chi connectivity index (χ3v) is 4.31. The van der Waals surface area contributed by atoms with Gasteiger partial charge in [0.25, 0.3) is 0 Å². The van der Waals surface area contributed by atoms with E-state index in [4.69, 9.17) is 0 Å². The van der Waals surface area contributed by atoms with Crippen molar-refractivity contribution in [3.63, 3.8) is 0 Å². The summed E-state index contributed by atoms with van der Waals surface area (Å²) in [5, 5.41) is 0. The molecular weight excluding hydrogens is 253 g/mol. The predicted molar refractivity (Wildman–Crippen MR) is 80.4 cm³/mol. The van der Waals surface area contributed by atoms with Crippen LogP contribution in [0.5, 0.6) is 0 Å². The van der Waals surface area contributed by atoms with Gasteiger partial charge in [0.05, 0.1) is 0 Å². The molecule has 1 aromatic carbocycles. The zero-order valence-electron chi connectivity index (χ0n) is 12.4. The van der Waals surface area contributed by atoms with Crippen LogP contribution in [0, 0.1) is 17.7 Å². The molecule has 2 unspecified atom stereocenters. The Morgan fingerprint density at radius 2 is 2.20 bits per heavy atom. The van der Waals surface area contributed by atoms with Crippen LogP contribution >= 0.6 is 0 Å². The lowest BCUT2D eigenvalue weighted by Crippen LogP contribution is -2.34. The van der Waals surface area contributed by atoms with Crippen molar-refractivity contribution in [3.8, 4) is 0 Å². The molecule has 0 saturated heterocycles. The first-order valence-corrected chi connectivity index (χ1v) is 7.59. The maximum atomic E-state index is 13.3. The molecule has 0 aromatic heterocycles. The third kappa shape index (κ3) is 3.81. The standard InChI is InChI=1S/C17H24FNO/c1-3-5-13-8-9-17(20)14(10-13)12-19(2)16-7-4-6-15(18)11-16/h4,6-7,11,13-14H,3,5,8-10,12H2,1-2H3. The van der Waals surface area contributed by atoms with Gasteiger partial charge in [-0.25, -0.2) is 4.39 Å². The zero-order chi connectivity index (χ0) is 14.5. The number of anilines is 1. The maximum Gasteiger partial charge on any atom is 0.137 e. The first-order valence-electron chi connectivity index (χ1n) is 7.59. The molecular formula is C17H24FNO. The van der Waals surface area contributed by atoms with Gasteiger partial charge in [0.1, 0.15) is 11.6 Å². The second-order valence-electron chi connectivity index (χ2n) is 5.95. The van der Waals surface area contributed by atoms with Crippen molar-refractivity contribution in [2.24, 2.45) is 11.8 Å². The van der Waals surface area contributed by atoms with Gasteiger partial charge in [-0.3, -0.25) is 4.79 Å². The van der Waals surface area contributed by atoms with Crippen LogP contribution in [0.3, 0.4) is 0 Å². The average Bonchev–Trinajstić information content (AvgIpc) is 2.43. The normalized spacial score (nSPS) is 22.9. The lowest BCUT2D eigenvalue weighted by atomic mass is 9.78. The summed E-state index contributed by atoms with van der Waals surface area (Å²) in [5.41, 5.74) is 0.843. The maximum absolute atomic E-state index is 13.3. The highest BCUT2D eigenvalue weighted by Gasteiger charge is 2.29. The molecule has 1 aliphatic rings. The average molecular weight is 277 g/mol. The molecule has 2 nitrogen and oxygen atoms in total. The Morgan fingerprint density at radius 1 is 1.40 bits per heavy atom. The molecule has 0 heterocycles. The zero-order valence-corrected chi connectivity index (χ0v) is 12.4. The Balaban J connectivity index is 1.98. The number of carbonyl (C=O) groups excluding carboxylic acids is 1. The number of carbonyl (C=O) groups is 1. The summed E-state index contributed by atoms with van der Waals surface area (Å²) < 4.78 is 13.3. The van der Waals surface area contributed by atoms with Gasteiger partial charge in [0.2, 0.25) is 0 Å². The number of nitrogens with zero attached hydrogens (tertiary/aromatic N) is 1. The van der Waals surface area contributed by atoms with Gasteiger partial charge in [0, 0.05) is 31.6 Å². The summed E-state index contributed by atoms with van der Waals surface area (Å²) in [6.07, 6.45) is 5.16. The molecule has 0 N–H and O–H groups in total. The number of ketones is 1. The fourth-order valence-electron chi connectivity index (χ4n) is 3.20. The summed E-state index contributed by atoms with van der Waals surface area (Å²) in [4.78, 5) is 14.1. The summed E-state index contributed by atoms with van der Waals surface area (Å²) in [7, 11) is 1.94. The molecule has 0 bridgehead atoms. The van der Waals surface area contributed by atoms with E-state index in [1.165, 1.54) is 25.0 Å². The van der Waals surface area contributed by atoms with E-state index in [-0.39, 0.29) is 11.7 Å². The largest absolute Gasteiger partial charge is 0.374 e. The van der Waals surface area contributed by atoms with Crippen LogP contribution in [-0.4, -0.2) is 19.4 Å². The van der Waals surface area contributed by atoms with Crippen molar-refractivity contribution in [2.75, 3.05) is 18.5 Å². The van der Waals surface area contributed by atoms with Crippen LogP contribution in [0.25, 0.3) is 0 Å². The SMILES string of the molecule is CCCC1CCC(=O)C(CN(C)c2cccc(F)c2)C1. The van der Waals surface area contributed by atoms with Crippen LogP contribution in [0.2, 0.25) is 0 Å². The predicted octanol–water partition coefficient (Wildman–Crippen LogP) is 4.05. The van der Waals surface area contributed by atoms with Crippen LogP contribution in [0.4, 0.5) is 10.1 Å². The van der Waals surface area contributed by atoms with Gasteiger partial charge in [-0.05, 0) is 37.0 Å². The monoisotopic (exact) mass is 277 g/mol. The molecule has 110 valence electrons. The Labute approximate surface area is 121 Å². The minimum atomic E-state index is -0.229. The molecule has 0 radical (unpaired) electrons. The molecule has 0 aliphatic heterocycles. The lowest BCUT2D eigenvalue weighted by Gasteiger charge is -2.31. The molecule has 0 amide bonds. The fourth-order valence-corrected chi connectivity index (χ4v) is 3.20. The van der Waals surface area contributed by atoms with Gasteiger partial charge < -0.3 is 4.90 Å². The molecule has 3 heteroatoms. The van der Waals surface area contributed by atoms with E-state index in [0.29, 0.717) is 24.7 Å². The third-order valence-electron chi connectivity index (χ3n) is 4.31. The number of rotatable bonds is 5. The minimum absolute atomic E-state index is 0.105. The van der Waals surface area contributed by atoms with Crippen LogP contribution in [0.1, 0.15) is 39.0 Å². The topological polar surface area (TPSA) is 20.3 Å². The molecule has 1 aromatic rings. The summed E-state index contributed by atoms with van der Waals surface area (Å²) in [5.74, 6) is 0.936. The van der Waals surface area contributed by atoms with E-state index in [2.05, 4.69) is 6.92 Å². The van der Waals surface area contributed by atoms with E-state index in [0.717, 1.165) is 18.5 Å². The van der Waals surface area contributed by atoms with E-state index >= 15 is 0 Å². The molecule has 1 aliphatic carbocycles. The van der Waals surface area contributed by atoms with Crippen LogP contribution < -0.4 is 4.90 Å². The van der Waals surface area contributed by atoms with Gasteiger partial charge >= 0.3 is 0 Å². The van der Waals surface area contributed by atoms with Crippen molar-refractivity contribution in [3.05, 3.63) is 30.1 Å². The number of hydrogen-bond donors (Lipinski definition) is 0. The summed E-state index contributed by atoms with van der Waals surface area (Å²) in [6.45, 7) is 2.90. The van der Waals surface area contributed by atoms with Gasteiger partial charge in [-0.1, -0.05) is 25.8 Å². The number of halogens is 1. The summed E-state index contributed by atoms with van der Waals surface area (Å²) >= 11 is 0. The van der Waals surface area contributed by atoms with E-state index in [1.807, 2.05) is 18.0 Å². The van der Waals surface area contributed by atoms with Gasteiger partial charge in [0.15, 0.2) is 0 Å².